The van der Waals surface area contributed by atoms with E-state index in [0.717, 1.165) is 5.56 Å². The van der Waals surface area contributed by atoms with Crippen molar-refractivity contribution in [3.8, 4) is 0 Å². The van der Waals surface area contributed by atoms with Gasteiger partial charge in [0.05, 0.1) is 4.92 Å². The molecular formula is C7H5BrClNO2. The number of alkyl halides is 1. The van der Waals surface area contributed by atoms with Crippen LogP contribution in [0.15, 0.2) is 18.2 Å². The molecule has 0 amide bonds. The van der Waals surface area contributed by atoms with E-state index in [1.807, 2.05) is 0 Å². The maximum absolute atomic E-state index is 10.4. The molecule has 1 rings (SSSR count). The fraction of sp³-hybridized carbons (Fsp3) is 0.143. The summed E-state index contributed by atoms with van der Waals surface area (Å²) in [6.45, 7) is 0. The SMILES string of the molecule is O=[N+]([O-])c1cc(CBr)ccc1Cl. The van der Waals surface area contributed by atoms with Gasteiger partial charge in [-0.05, 0) is 11.6 Å². The maximum atomic E-state index is 10.4. The summed E-state index contributed by atoms with van der Waals surface area (Å²) in [5.41, 5.74) is 0.791. The van der Waals surface area contributed by atoms with Crippen LogP contribution < -0.4 is 0 Å². The summed E-state index contributed by atoms with van der Waals surface area (Å²) in [6, 6.07) is 4.72. The highest BCUT2D eigenvalue weighted by Crippen LogP contribution is 2.25. The summed E-state index contributed by atoms with van der Waals surface area (Å²) >= 11 is 8.79. The van der Waals surface area contributed by atoms with Crippen molar-refractivity contribution in [3.05, 3.63) is 38.9 Å². The molecule has 0 aliphatic rings. The molecule has 0 fully saturated rings. The highest BCUT2D eigenvalue weighted by atomic mass is 79.9. The van der Waals surface area contributed by atoms with Gasteiger partial charge in [-0.1, -0.05) is 33.6 Å². The van der Waals surface area contributed by atoms with E-state index in [4.69, 9.17) is 11.6 Å². The molecule has 0 aliphatic heterocycles. The Morgan fingerprint density at radius 3 is 2.75 bits per heavy atom. The van der Waals surface area contributed by atoms with Crippen LogP contribution in [0.1, 0.15) is 5.56 Å². The molecule has 0 atom stereocenters. The van der Waals surface area contributed by atoms with E-state index in [9.17, 15) is 10.1 Å². The third kappa shape index (κ3) is 1.95. The molecule has 64 valence electrons. The van der Waals surface area contributed by atoms with E-state index in [1.165, 1.54) is 12.1 Å². The summed E-state index contributed by atoms with van der Waals surface area (Å²) in [4.78, 5) is 9.90. The zero-order valence-corrected chi connectivity index (χ0v) is 8.30. The molecular weight excluding hydrogens is 245 g/mol. The van der Waals surface area contributed by atoms with Gasteiger partial charge in [0.15, 0.2) is 0 Å². The summed E-state index contributed by atoms with van der Waals surface area (Å²) in [5.74, 6) is 0. The quantitative estimate of drug-likeness (QED) is 0.460. The van der Waals surface area contributed by atoms with Gasteiger partial charge >= 0.3 is 0 Å². The van der Waals surface area contributed by atoms with Crippen LogP contribution >= 0.6 is 27.5 Å². The Morgan fingerprint density at radius 1 is 1.58 bits per heavy atom. The fourth-order valence-corrected chi connectivity index (χ4v) is 1.32. The van der Waals surface area contributed by atoms with Crippen LogP contribution in [0, 0.1) is 10.1 Å². The second-order valence-corrected chi connectivity index (χ2v) is 3.14. The van der Waals surface area contributed by atoms with Gasteiger partial charge in [0.25, 0.3) is 5.69 Å². The highest BCUT2D eigenvalue weighted by Gasteiger charge is 2.11. The molecule has 0 spiro atoms. The lowest BCUT2D eigenvalue weighted by molar-refractivity contribution is -0.384. The number of rotatable bonds is 2. The Bertz CT molecular complexity index is 316. The molecule has 0 N–H and O–H groups in total. The number of nitro groups is 1. The second kappa shape index (κ2) is 3.87. The molecule has 0 radical (unpaired) electrons. The zero-order valence-electron chi connectivity index (χ0n) is 5.96. The maximum Gasteiger partial charge on any atom is 0.288 e. The first kappa shape index (κ1) is 9.48. The number of hydrogen-bond acceptors (Lipinski definition) is 2. The Hall–Kier alpha value is -0.610. The summed E-state index contributed by atoms with van der Waals surface area (Å²) < 4.78 is 0. The first-order valence-electron chi connectivity index (χ1n) is 3.14. The van der Waals surface area contributed by atoms with Gasteiger partial charge < -0.3 is 0 Å². The molecule has 0 heterocycles. The molecule has 0 saturated heterocycles. The Balaban J connectivity index is 3.17. The number of halogens is 2. The number of nitrogens with zero attached hydrogens (tertiary/aromatic N) is 1. The fourth-order valence-electron chi connectivity index (χ4n) is 0.781. The zero-order chi connectivity index (χ0) is 9.14. The monoisotopic (exact) mass is 249 g/mol. The van der Waals surface area contributed by atoms with E-state index < -0.39 is 4.92 Å². The smallest absolute Gasteiger partial charge is 0.258 e. The van der Waals surface area contributed by atoms with E-state index in [-0.39, 0.29) is 10.7 Å². The van der Waals surface area contributed by atoms with Crippen LogP contribution in [0.2, 0.25) is 5.02 Å². The lowest BCUT2D eigenvalue weighted by Gasteiger charge is -1.97. The van der Waals surface area contributed by atoms with Crippen LogP contribution in [0.5, 0.6) is 0 Å². The average molecular weight is 250 g/mol. The Kier molecular flexibility index (Phi) is 3.05. The van der Waals surface area contributed by atoms with Crippen molar-refractivity contribution in [2.45, 2.75) is 5.33 Å². The molecule has 5 heteroatoms. The van der Waals surface area contributed by atoms with Crippen LogP contribution in [-0.2, 0) is 5.33 Å². The third-order valence-electron chi connectivity index (χ3n) is 1.36. The third-order valence-corrected chi connectivity index (χ3v) is 2.33. The van der Waals surface area contributed by atoms with Crippen molar-refractivity contribution in [2.75, 3.05) is 0 Å². The van der Waals surface area contributed by atoms with Gasteiger partial charge in [-0.15, -0.1) is 0 Å². The summed E-state index contributed by atoms with van der Waals surface area (Å²) in [6.07, 6.45) is 0. The number of nitro benzene ring substituents is 1. The van der Waals surface area contributed by atoms with E-state index in [2.05, 4.69) is 15.9 Å². The van der Waals surface area contributed by atoms with E-state index >= 15 is 0 Å². The van der Waals surface area contributed by atoms with Gasteiger partial charge in [-0.25, -0.2) is 0 Å². The Morgan fingerprint density at radius 2 is 2.25 bits per heavy atom. The number of hydrogen-bond donors (Lipinski definition) is 0. The largest absolute Gasteiger partial charge is 0.288 e. The molecule has 0 aromatic heterocycles. The second-order valence-electron chi connectivity index (χ2n) is 2.18. The van der Waals surface area contributed by atoms with Gasteiger partial charge in [0, 0.05) is 11.4 Å². The Labute approximate surface area is 82.6 Å². The molecule has 3 nitrogen and oxygen atoms in total. The van der Waals surface area contributed by atoms with Crippen molar-refractivity contribution in [1.29, 1.82) is 0 Å². The minimum Gasteiger partial charge on any atom is -0.258 e. The number of benzene rings is 1. The normalized spacial score (nSPS) is 9.83. The average Bonchev–Trinajstić information content (AvgIpc) is 2.05. The molecule has 1 aromatic carbocycles. The lowest BCUT2D eigenvalue weighted by Crippen LogP contribution is -1.90. The standard InChI is InChI=1S/C7H5BrClNO2/c8-4-5-1-2-6(9)7(3-5)10(11)12/h1-3H,4H2. The molecule has 0 aliphatic carbocycles. The topological polar surface area (TPSA) is 43.1 Å². The molecule has 0 saturated carbocycles. The molecule has 0 unspecified atom stereocenters. The van der Waals surface area contributed by atoms with Crippen LogP contribution in [0.4, 0.5) is 5.69 Å². The van der Waals surface area contributed by atoms with Crippen molar-refractivity contribution in [1.82, 2.24) is 0 Å². The summed E-state index contributed by atoms with van der Waals surface area (Å²) in [7, 11) is 0. The van der Waals surface area contributed by atoms with Crippen molar-refractivity contribution in [2.24, 2.45) is 0 Å². The van der Waals surface area contributed by atoms with Gasteiger partial charge in [-0.2, -0.15) is 0 Å². The van der Waals surface area contributed by atoms with Crippen LogP contribution in [0.3, 0.4) is 0 Å². The van der Waals surface area contributed by atoms with Gasteiger partial charge in [0.1, 0.15) is 5.02 Å². The highest BCUT2D eigenvalue weighted by molar-refractivity contribution is 9.08. The van der Waals surface area contributed by atoms with Crippen molar-refractivity contribution >= 4 is 33.2 Å². The molecule has 0 bridgehead atoms. The molecule has 1 aromatic rings. The first-order valence-corrected chi connectivity index (χ1v) is 4.64. The molecule has 12 heavy (non-hydrogen) atoms. The minimum atomic E-state index is -0.492. The van der Waals surface area contributed by atoms with E-state index in [1.54, 1.807) is 6.07 Å². The van der Waals surface area contributed by atoms with Gasteiger partial charge in [0.2, 0.25) is 0 Å². The van der Waals surface area contributed by atoms with Crippen molar-refractivity contribution < 1.29 is 4.92 Å². The predicted molar refractivity (Wildman–Crippen MR) is 50.7 cm³/mol. The van der Waals surface area contributed by atoms with Gasteiger partial charge in [-0.3, -0.25) is 10.1 Å². The predicted octanol–water partition coefficient (Wildman–Crippen LogP) is 3.14. The van der Waals surface area contributed by atoms with E-state index in [0.29, 0.717) is 5.33 Å². The van der Waals surface area contributed by atoms with Crippen molar-refractivity contribution in [3.63, 3.8) is 0 Å². The lowest BCUT2D eigenvalue weighted by atomic mass is 10.2. The van der Waals surface area contributed by atoms with Crippen LogP contribution in [-0.4, -0.2) is 4.92 Å². The minimum absolute atomic E-state index is 0.0476. The first-order chi connectivity index (χ1) is 5.65. The van der Waals surface area contributed by atoms with Crippen LogP contribution in [0.25, 0.3) is 0 Å². The summed E-state index contributed by atoms with van der Waals surface area (Å²) in [5, 5.41) is 11.2.